The fourth-order valence-corrected chi connectivity index (χ4v) is 3.60. The van der Waals surface area contributed by atoms with Crippen molar-refractivity contribution in [3.63, 3.8) is 0 Å². The van der Waals surface area contributed by atoms with Crippen LogP contribution in [0.2, 0.25) is 0 Å². The second-order valence-electron chi connectivity index (χ2n) is 7.39. The third-order valence-electron chi connectivity index (χ3n) is 4.72. The quantitative estimate of drug-likeness (QED) is 0.280. The molecule has 0 radical (unpaired) electrons. The standard InChI is InChI=1S/C26H26BrN3O5/c1-4-34-24-14-19(9-11-23(24)33-3)26(32)30-28-15-18-8-10-22(21(27)13-18)35-16-25(31)29-20-7-5-6-17(2)12-20/h5-15H,4,16H2,1-3H3,(H,29,31)(H,30,32)/b28-15+. The van der Waals surface area contributed by atoms with E-state index in [0.717, 1.165) is 16.8 Å². The molecule has 8 nitrogen and oxygen atoms in total. The topological polar surface area (TPSA) is 98.3 Å². The zero-order valence-corrected chi connectivity index (χ0v) is 21.2. The largest absolute Gasteiger partial charge is 0.493 e. The van der Waals surface area contributed by atoms with E-state index < -0.39 is 0 Å². The lowest BCUT2D eigenvalue weighted by molar-refractivity contribution is -0.118. The first-order valence-electron chi connectivity index (χ1n) is 10.8. The third-order valence-corrected chi connectivity index (χ3v) is 5.34. The number of nitrogens with zero attached hydrogens (tertiary/aromatic N) is 1. The maximum absolute atomic E-state index is 12.4. The Kier molecular flexibility index (Phi) is 9.25. The van der Waals surface area contributed by atoms with E-state index in [-0.39, 0.29) is 18.4 Å². The van der Waals surface area contributed by atoms with Crippen molar-refractivity contribution >= 4 is 39.6 Å². The highest BCUT2D eigenvalue weighted by atomic mass is 79.9. The molecule has 182 valence electrons. The van der Waals surface area contributed by atoms with Crippen LogP contribution >= 0.6 is 15.9 Å². The number of nitrogens with one attached hydrogen (secondary N) is 2. The van der Waals surface area contributed by atoms with Gasteiger partial charge in [0.2, 0.25) is 0 Å². The van der Waals surface area contributed by atoms with Gasteiger partial charge in [0.1, 0.15) is 5.75 Å². The highest BCUT2D eigenvalue weighted by Gasteiger charge is 2.11. The van der Waals surface area contributed by atoms with Crippen molar-refractivity contribution in [1.29, 1.82) is 0 Å². The molecule has 0 aliphatic rings. The minimum Gasteiger partial charge on any atom is -0.493 e. The number of anilines is 1. The summed E-state index contributed by atoms with van der Waals surface area (Å²) in [5.41, 5.74) is 5.37. The summed E-state index contributed by atoms with van der Waals surface area (Å²) in [4.78, 5) is 24.6. The molecule has 2 N–H and O–H groups in total. The molecule has 2 amide bonds. The summed E-state index contributed by atoms with van der Waals surface area (Å²) in [5.74, 6) is 0.892. The first-order chi connectivity index (χ1) is 16.9. The average molecular weight is 540 g/mol. The fourth-order valence-electron chi connectivity index (χ4n) is 3.09. The third kappa shape index (κ3) is 7.58. The molecule has 0 bridgehead atoms. The molecule has 3 aromatic carbocycles. The van der Waals surface area contributed by atoms with Crippen LogP contribution in [-0.2, 0) is 4.79 Å². The van der Waals surface area contributed by atoms with E-state index in [4.69, 9.17) is 14.2 Å². The normalized spacial score (nSPS) is 10.6. The van der Waals surface area contributed by atoms with Crippen LogP contribution in [0.3, 0.4) is 0 Å². The van der Waals surface area contributed by atoms with E-state index in [9.17, 15) is 9.59 Å². The first kappa shape index (κ1) is 25.8. The van der Waals surface area contributed by atoms with Crippen LogP contribution < -0.4 is 25.0 Å². The van der Waals surface area contributed by atoms with Crippen LogP contribution in [0.5, 0.6) is 17.2 Å². The van der Waals surface area contributed by atoms with E-state index in [1.54, 1.807) is 36.4 Å². The molecule has 3 aromatic rings. The molecule has 0 aliphatic heterocycles. The molecule has 0 aromatic heterocycles. The summed E-state index contributed by atoms with van der Waals surface area (Å²) in [6.07, 6.45) is 1.50. The maximum Gasteiger partial charge on any atom is 0.271 e. The van der Waals surface area contributed by atoms with Crippen LogP contribution in [0, 0.1) is 6.92 Å². The number of hydrogen-bond acceptors (Lipinski definition) is 6. The van der Waals surface area contributed by atoms with Crippen molar-refractivity contribution in [2.75, 3.05) is 25.6 Å². The van der Waals surface area contributed by atoms with Crippen molar-refractivity contribution in [3.8, 4) is 17.2 Å². The van der Waals surface area contributed by atoms with Crippen LogP contribution in [0.15, 0.2) is 70.2 Å². The molecule has 0 heterocycles. The monoisotopic (exact) mass is 539 g/mol. The number of hydrazone groups is 1. The summed E-state index contributed by atoms with van der Waals surface area (Å²) in [6, 6.07) is 17.7. The molecule has 0 saturated carbocycles. The van der Waals surface area contributed by atoms with Gasteiger partial charge in [-0.3, -0.25) is 9.59 Å². The Morgan fingerprint density at radius 2 is 1.80 bits per heavy atom. The van der Waals surface area contributed by atoms with Crippen molar-refractivity contribution in [1.82, 2.24) is 5.43 Å². The number of carbonyl (C=O) groups is 2. The van der Waals surface area contributed by atoms with Gasteiger partial charge < -0.3 is 19.5 Å². The second kappa shape index (κ2) is 12.6. The van der Waals surface area contributed by atoms with Crippen molar-refractivity contribution in [3.05, 3.63) is 81.8 Å². The Morgan fingerprint density at radius 1 is 1.00 bits per heavy atom. The van der Waals surface area contributed by atoms with E-state index >= 15 is 0 Å². The minimum absolute atomic E-state index is 0.137. The predicted octanol–water partition coefficient (Wildman–Crippen LogP) is 4.95. The van der Waals surface area contributed by atoms with Gasteiger partial charge in [-0.15, -0.1) is 0 Å². The van der Waals surface area contributed by atoms with Crippen LogP contribution in [-0.4, -0.2) is 38.4 Å². The number of ether oxygens (including phenoxy) is 3. The number of hydrogen-bond donors (Lipinski definition) is 2. The van der Waals surface area contributed by atoms with Crippen LogP contribution in [0.25, 0.3) is 0 Å². The molecule has 9 heteroatoms. The molecule has 3 rings (SSSR count). The van der Waals surface area contributed by atoms with Gasteiger partial charge in [-0.2, -0.15) is 5.10 Å². The van der Waals surface area contributed by atoms with Gasteiger partial charge in [0.15, 0.2) is 18.1 Å². The summed E-state index contributed by atoms with van der Waals surface area (Å²) in [6.45, 7) is 4.12. The van der Waals surface area contributed by atoms with Gasteiger partial charge in [0.05, 0.1) is 24.4 Å². The number of amides is 2. The lowest BCUT2D eigenvalue weighted by Gasteiger charge is -2.10. The molecular weight excluding hydrogens is 514 g/mol. The van der Waals surface area contributed by atoms with E-state index in [1.807, 2.05) is 38.1 Å². The lowest BCUT2D eigenvalue weighted by atomic mass is 10.2. The SMILES string of the molecule is CCOc1cc(C(=O)N/N=C/c2ccc(OCC(=O)Nc3cccc(C)c3)c(Br)c2)ccc1OC. The molecule has 0 unspecified atom stereocenters. The zero-order valence-electron chi connectivity index (χ0n) is 19.6. The number of rotatable bonds is 10. The van der Waals surface area contributed by atoms with Crippen molar-refractivity contribution in [2.45, 2.75) is 13.8 Å². The summed E-state index contributed by atoms with van der Waals surface area (Å²) in [5, 5.41) is 6.81. The maximum atomic E-state index is 12.4. The fraction of sp³-hybridized carbons (Fsp3) is 0.192. The van der Waals surface area contributed by atoms with E-state index in [2.05, 4.69) is 31.8 Å². The van der Waals surface area contributed by atoms with Gasteiger partial charge in [-0.1, -0.05) is 12.1 Å². The molecule has 35 heavy (non-hydrogen) atoms. The first-order valence-corrected chi connectivity index (χ1v) is 11.6. The van der Waals surface area contributed by atoms with Crippen molar-refractivity contribution in [2.24, 2.45) is 5.10 Å². The van der Waals surface area contributed by atoms with Gasteiger partial charge >= 0.3 is 0 Å². The van der Waals surface area contributed by atoms with Gasteiger partial charge in [0.25, 0.3) is 11.8 Å². The number of halogens is 1. The van der Waals surface area contributed by atoms with E-state index in [1.165, 1.54) is 13.3 Å². The van der Waals surface area contributed by atoms with Gasteiger partial charge in [0, 0.05) is 11.3 Å². The number of aryl methyl sites for hydroxylation is 1. The van der Waals surface area contributed by atoms with Crippen molar-refractivity contribution < 1.29 is 23.8 Å². The Hall–Kier alpha value is -3.85. The summed E-state index contributed by atoms with van der Waals surface area (Å²) < 4.78 is 17.0. The zero-order chi connectivity index (χ0) is 25.2. The number of benzene rings is 3. The summed E-state index contributed by atoms with van der Waals surface area (Å²) in [7, 11) is 1.54. The smallest absolute Gasteiger partial charge is 0.271 e. The average Bonchev–Trinajstić information content (AvgIpc) is 2.83. The predicted molar refractivity (Wildman–Crippen MR) is 139 cm³/mol. The number of carbonyl (C=O) groups excluding carboxylic acids is 2. The molecule has 0 saturated heterocycles. The highest BCUT2D eigenvalue weighted by Crippen LogP contribution is 2.28. The Morgan fingerprint density at radius 3 is 2.51 bits per heavy atom. The van der Waals surface area contributed by atoms with Crippen LogP contribution in [0.1, 0.15) is 28.4 Å². The molecule has 0 aliphatic carbocycles. The minimum atomic E-state index is -0.386. The Balaban J connectivity index is 1.54. The Labute approximate surface area is 212 Å². The number of methoxy groups -OCH3 is 1. The lowest BCUT2D eigenvalue weighted by Crippen LogP contribution is -2.20. The molecule has 0 atom stereocenters. The highest BCUT2D eigenvalue weighted by molar-refractivity contribution is 9.10. The Bertz CT molecular complexity index is 1230. The van der Waals surface area contributed by atoms with Crippen LogP contribution in [0.4, 0.5) is 5.69 Å². The molecular formula is C26H26BrN3O5. The second-order valence-corrected chi connectivity index (χ2v) is 8.25. The molecule has 0 fully saturated rings. The van der Waals surface area contributed by atoms with Gasteiger partial charge in [-0.25, -0.2) is 5.43 Å². The van der Waals surface area contributed by atoms with E-state index in [0.29, 0.717) is 33.9 Å². The van der Waals surface area contributed by atoms with Gasteiger partial charge in [-0.05, 0) is 89.4 Å². The molecule has 0 spiro atoms. The summed E-state index contributed by atoms with van der Waals surface area (Å²) >= 11 is 3.44.